The van der Waals surface area contributed by atoms with Gasteiger partial charge in [0.05, 0.1) is 23.7 Å². The molecule has 1 heterocycles. The summed E-state index contributed by atoms with van der Waals surface area (Å²) in [5.74, 6) is -1.54. The quantitative estimate of drug-likeness (QED) is 0.248. The molecule has 0 aliphatic rings. The van der Waals surface area contributed by atoms with Gasteiger partial charge in [-0.1, -0.05) is 29.8 Å². The number of hydrogen-bond donors (Lipinski definition) is 2. The monoisotopic (exact) mass is 548 g/mol. The van der Waals surface area contributed by atoms with Gasteiger partial charge in [0.25, 0.3) is 10.0 Å². The lowest BCUT2D eigenvalue weighted by atomic mass is 10.2. The van der Waals surface area contributed by atoms with Crippen molar-refractivity contribution in [2.45, 2.75) is 24.4 Å². The topological polar surface area (TPSA) is 92.0 Å². The molecule has 2 N–H and O–H groups in total. The zero-order valence-corrected chi connectivity index (χ0v) is 21.0. The van der Waals surface area contributed by atoms with Crippen molar-refractivity contribution in [1.29, 1.82) is 0 Å². The molecule has 194 valence electrons. The summed E-state index contributed by atoms with van der Waals surface area (Å²) in [6.07, 6.45) is 0.412. The first kappa shape index (κ1) is 26.3. The molecule has 4 rings (SSSR count). The maximum absolute atomic E-state index is 14.8. The van der Waals surface area contributed by atoms with Crippen molar-refractivity contribution in [2.24, 2.45) is 0 Å². The van der Waals surface area contributed by atoms with Gasteiger partial charge >= 0.3 is 0 Å². The van der Waals surface area contributed by atoms with E-state index < -0.39 is 27.3 Å². The minimum absolute atomic E-state index is 0.0851. The van der Waals surface area contributed by atoms with Gasteiger partial charge in [0.2, 0.25) is 0 Å². The van der Waals surface area contributed by atoms with Crippen LogP contribution in [-0.4, -0.2) is 29.8 Å². The van der Waals surface area contributed by atoms with Crippen LogP contribution in [-0.2, 0) is 23.1 Å². The van der Waals surface area contributed by atoms with Crippen LogP contribution in [0, 0.1) is 11.6 Å². The highest BCUT2D eigenvalue weighted by atomic mass is 35.5. The Morgan fingerprint density at radius 1 is 0.919 bits per heavy atom. The van der Waals surface area contributed by atoms with Crippen molar-refractivity contribution in [3.8, 4) is 17.5 Å². The van der Waals surface area contributed by atoms with E-state index in [1.54, 1.807) is 24.3 Å². The largest absolute Gasteiger partial charge is 0.494 e. The van der Waals surface area contributed by atoms with E-state index in [1.165, 1.54) is 41.0 Å². The van der Waals surface area contributed by atoms with Crippen LogP contribution in [0.2, 0.25) is 5.02 Å². The van der Waals surface area contributed by atoms with Crippen LogP contribution >= 0.6 is 11.6 Å². The molecule has 11 heteroatoms. The summed E-state index contributed by atoms with van der Waals surface area (Å²) in [5.41, 5.74) is -0.0429. The van der Waals surface area contributed by atoms with E-state index in [0.29, 0.717) is 22.8 Å². The predicted octanol–water partition coefficient (Wildman–Crippen LogP) is 5.70. The number of hydrogen-bond acceptors (Lipinski definition) is 5. The first-order valence-corrected chi connectivity index (χ1v) is 13.0. The van der Waals surface area contributed by atoms with Gasteiger partial charge in [0, 0.05) is 35.3 Å². The van der Waals surface area contributed by atoms with E-state index in [0.717, 1.165) is 22.5 Å². The molecule has 0 saturated carbocycles. The first-order valence-electron chi connectivity index (χ1n) is 11.2. The summed E-state index contributed by atoms with van der Waals surface area (Å²) in [7, 11) is -4.34. The number of aromatic hydroxyl groups is 2. The van der Waals surface area contributed by atoms with Crippen LogP contribution in [0.25, 0.3) is 0 Å². The molecule has 0 amide bonds. The minimum atomic E-state index is -4.34. The minimum Gasteiger partial charge on any atom is -0.494 e. The fraction of sp³-hybridized carbons (Fsp3) is 0.154. The van der Waals surface area contributed by atoms with Crippen molar-refractivity contribution in [1.82, 2.24) is 4.57 Å². The van der Waals surface area contributed by atoms with Crippen LogP contribution < -0.4 is 9.04 Å². The number of nitrogens with zero attached hydrogens (tertiary/aromatic N) is 2. The van der Waals surface area contributed by atoms with E-state index in [4.69, 9.17) is 16.3 Å². The maximum Gasteiger partial charge on any atom is 0.264 e. The second kappa shape index (κ2) is 11.1. The van der Waals surface area contributed by atoms with Gasteiger partial charge in [-0.3, -0.25) is 8.87 Å². The van der Waals surface area contributed by atoms with Gasteiger partial charge in [-0.25, -0.2) is 17.2 Å². The van der Waals surface area contributed by atoms with Crippen molar-refractivity contribution in [3.05, 3.63) is 101 Å². The second-order valence-corrected chi connectivity index (χ2v) is 10.4. The molecule has 7 nitrogen and oxygen atoms in total. The van der Waals surface area contributed by atoms with Crippen LogP contribution in [0.3, 0.4) is 0 Å². The second-order valence-electron chi connectivity index (χ2n) is 8.07. The fourth-order valence-corrected chi connectivity index (χ4v) is 5.29. The number of ether oxygens (including phenoxy) is 1. The van der Waals surface area contributed by atoms with Gasteiger partial charge in [0.1, 0.15) is 17.4 Å². The molecular weight excluding hydrogens is 526 g/mol. The number of aromatic nitrogens is 1. The Labute approximate surface area is 217 Å². The van der Waals surface area contributed by atoms with E-state index in [9.17, 15) is 27.4 Å². The number of benzene rings is 3. The third-order valence-electron chi connectivity index (χ3n) is 5.58. The standard InChI is InChI=1S/C26H23ClF2N2O5S/c27-19-6-9-21(10-7-19)37(34,35)31(23-16-20(28)8-11-22(23)29)17-18-4-1-2-5-24(18)36-15-3-14-30-25(32)12-13-26(30)33/h1-2,4-13,16,32-33H,3,14-15,17H2. The van der Waals surface area contributed by atoms with E-state index in [-0.39, 0.29) is 36.4 Å². The molecule has 3 aromatic carbocycles. The predicted molar refractivity (Wildman–Crippen MR) is 135 cm³/mol. The number of halogens is 3. The molecule has 4 aromatic rings. The van der Waals surface area contributed by atoms with E-state index >= 15 is 0 Å². The summed E-state index contributed by atoms with van der Waals surface area (Å²) in [6.45, 7) is 0.103. The van der Waals surface area contributed by atoms with Crippen molar-refractivity contribution >= 4 is 27.3 Å². The molecule has 37 heavy (non-hydrogen) atoms. The molecule has 0 atom stereocenters. The molecule has 0 radical (unpaired) electrons. The Morgan fingerprint density at radius 2 is 1.59 bits per heavy atom. The Bertz CT molecular complexity index is 1470. The molecular formula is C26H23ClF2N2O5S. The van der Waals surface area contributed by atoms with Crippen LogP contribution in [0.1, 0.15) is 12.0 Å². The van der Waals surface area contributed by atoms with Crippen molar-refractivity contribution in [2.75, 3.05) is 10.9 Å². The fourth-order valence-electron chi connectivity index (χ4n) is 3.72. The van der Waals surface area contributed by atoms with Gasteiger partial charge in [0.15, 0.2) is 11.8 Å². The maximum atomic E-state index is 14.8. The summed E-state index contributed by atoms with van der Waals surface area (Å²) >= 11 is 5.90. The molecule has 0 bridgehead atoms. The molecule has 0 fully saturated rings. The SMILES string of the molecule is O=S(=O)(c1ccc(Cl)cc1)N(Cc1ccccc1OCCCn1c(O)ccc1O)c1cc(F)ccc1F. The van der Waals surface area contributed by atoms with Crippen LogP contribution in [0.15, 0.2) is 83.8 Å². The lowest BCUT2D eigenvalue weighted by molar-refractivity contribution is 0.287. The number of rotatable bonds is 10. The first-order chi connectivity index (χ1) is 17.7. The highest BCUT2D eigenvalue weighted by Crippen LogP contribution is 2.32. The molecule has 0 aliphatic heterocycles. The average Bonchev–Trinajstić information content (AvgIpc) is 3.19. The van der Waals surface area contributed by atoms with Crippen LogP contribution in [0.5, 0.6) is 17.5 Å². The van der Waals surface area contributed by atoms with Crippen molar-refractivity contribution in [3.63, 3.8) is 0 Å². The Kier molecular flexibility index (Phi) is 7.89. The summed E-state index contributed by atoms with van der Waals surface area (Å²) in [5, 5.41) is 19.8. The number of para-hydroxylation sites is 1. The van der Waals surface area contributed by atoms with E-state index in [1.807, 2.05) is 0 Å². The molecule has 0 saturated heterocycles. The smallest absolute Gasteiger partial charge is 0.264 e. The molecule has 0 unspecified atom stereocenters. The van der Waals surface area contributed by atoms with Crippen molar-refractivity contribution < 1.29 is 32.1 Å². The highest BCUT2D eigenvalue weighted by molar-refractivity contribution is 7.92. The third-order valence-corrected chi connectivity index (χ3v) is 7.61. The van der Waals surface area contributed by atoms with Gasteiger partial charge in [-0.05, 0) is 48.9 Å². The molecule has 0 aliphatic carbocycles. The third kappa shape index (κ3) is 5.98. The molecule has 1 aromatic heterocycles. The highest BCUT2D eigenvalue weighted by Gasteiger charge is 2.29. The zero-order valence-electron chi connectivity index (χ0n) is 19.4. The summed E-state index contributed by atoms with van der Waals surface area (Å²) < 4.78 is 64.0. The Morgan fingerprint density at radius 3 is 2.30 bits per heavy atom. The lowest BCUT2D eigenvalue weighted by Gasteiger charge is -2.26. The van der Waals surface area contributed by atoms with Gasteiger partial charge in [-0.15, -0.1) is 0 Å². The lowest BCUT2D eigenvalue weighted by Crippen LogP contribution is -2.31. The Balaban J connectivity index is 1.62. The van der Waals surface area contributed by atoms with Gasteiger partial charge in [-0.2, -0.15) is 0 Å². The summed E-state index contributed by atoms with van der Waals surface area (Å²) in [6, 6.07) is 17.3. The zero-order chi connectivity index (χ0) is 26.6. The molecule has 0 spiro atoms. The number of anilines is 1. The summed E-state index contributed by atoms with van der Waals surface area (Å²) in [4.78, 5) is -0.148. The Hall–Kier alpha value is -3.76. The number of sulfonamides is 1. The van der Waals surface area contributed by atoms with Crippen LogP contribution in [0.4, 0.5) is 14.5 Å². The normalized spacial score (nSPS) is 11.4. The van der Waals surface area contributed by atoms with E-state index in [2.05, 4.69) is 0 Å². The average molecular weight is 549 g/mol. The van der Waals surface area contributed by atoms with Gasteiger partial charge < -0.3 is 14.9 Å².